The third kappa shape index (κ3) is 7.01. The first-order valence-electron chi connectivity index (χ1n) is 9.88. The molecule has 1 aromatic heterocycles. The summed E-state index contributed by atoms with van der Waals surface area (Å²) in [7, 11) is 0. The zero-order valence-corrected chi connectivity index (χ0v) is 19.9. The van der Waals surface area contributed by atoms with Crippen LogP contribution in [0.25, 0.3) is 0 Å². The first-order chi connectivity index (χ1) is 13.3. The molecule has 5 nitrogen and oxygen atoms in total. The SMILES string of the molecule is O=C([C@@H]1CSC(c2ccc[nH+]c2)[NH2+]1)N1CC[NH+](CCc2ccccc2)CC1.[Cl-].[Cl-].[Cl-]. The summed E-state index contributed by atoms with van der Waals surface area (Å²) >= 11 is 1.87. The second-order valence-corrected chi connectivity index (χ2v) is 8.63. The molecule has 1 unspecified atom stereocenters. The Morgan fingerprint density at radius 2 is 1.83 bits per heavy atom. The molecule has 0 spiro atoms. The fourth-order valence-corrected chi connectivity index (χ4v) is 5.28. The van der Waals surface area contributed by atoms with Crippen molar-refractivity contribution in [1.82, 2.24) is 4.90 Å². The van der Waals surface area contributed by atoms with E-state index in [0.717, 1.165) is 44.9 Å². The zero-order chi connectivity index (χ0) is 18.5. The van der Waals surface area contributed by atoms with Crippen molar-refractivity contribution in [3.8, 4) is 0 Å². The van der Waals surface area contributed by atoms with Crippen LogP contribution in [-0.2, 0) is 11.2 Å². The number of benzene rings is 1. The van der Waals surface area contributed by atoms with E-state index >= 15 is 0 Å². The molecule has 2 saturated heterocycles. The maximum absolute atomic E-state index is 12.9. The van der Waals surface area contributed by atoms with Crippen LogP contribution >= 0.6 is 11.8 Å². The fraction of sp³-hybridized carbons (Fsp3) is 0.429. The third-order valence-electron chi connectivity index (χ3n) is 5.63. The molecule has 30 heavy (non-hydrogen) atoms. The van der Waals surface area contributed by atoms with Gasteiger partial charge in [-0.1, -0.05) is 42.1 Å². The van der Waals surface area contributed by atoms with Gasteiger partial charge in [-0.3, -0.25) is 4.79 Å². The molecule has 0 aliphatic carbocycles. The van der Waals surface area contributed by atoms with Gasteiger partial charge in [-0.2, -0.15) is 0 Å². The van der Waals surface area contributed by atoms with Crippen LogP contribution < -0.4 is 52.4 Å². The van der Waals surface area contributed by atoms with Crippen molar-refractivity contribution < 1.29 is 57.2 Å². The minimum atomic E-state index is 0. The highest BCUT2D eigenvalue weighted by atomic mass is 35.5. The normalized spacial score (nSPS) is 21.1. The second-order valence-electron chi connectivity index (χ2n) is 7.45. The van der Waals surface area contributed by atoms with Crippen LogP contribution in [0.3, 0.4) is 0 Å². The lowest BCUT2D eigenvalue weighted by atomic mass is 10.1. The molecule has 166 valence electrons. The van der Waals surface area contributed by atoms with Gasteiger partial charge in [-0.15, -0.1) is 0 Å². The Bertz CT molecular complexity index is 748. The lowest BCUT2D eigenvalue weighted by Gasteiger charge is -2.33. The molecule has 2 aliphatic heterocycles. The first kappa shape index (κ1) is 27.0. The average molecular weight is 492 g/mol. The van der Waals surface area contributed by atoms with Crippen LogP contribution in [0.4, 0.5) is 0 Å². The summed E-state index contributed by atoms with van der Waals surface area (Å²) in [6.07, 6.45) is 5.08. The highest BCUT2D eigenvalue weighted by Crippen LogP contribution is 2.26. The smallest absolute Gasteiger partial charge is 0.282 e. The van der Waals surface area contributed by atoms with Crippen LogP contribution in [0.15, 0.2) is 54.9 Å². The Kier molecular flexibility index (Phi) is 12.1. The van der Waals surface area contributed by atoms with E-state index in [1.807, 2.05) is 30.2 Å². The summed E-state index contributed by atoms with van der Waals surface area (Å²) in [6, 6.07) is 14.9. The van der Waals surface area contributed by atoms with E-state index in [1.165, 1.54) is 11.1 Å². The topological polar surface area (TPSA) is 55.5 Å². The number of amides is 1. The third-order valence-corrected chi connectivity index (χ3v) is 6.97. The van der Waals surface area contributed by atoms with Gasteiger partial charge in [0.15, 0.2) is 23.8 Å². The molecule has 9 heteroatoms. The van der Waals surface area contributed by atoms with Crippen molar-refractivity contribution in [2.24, 2.45) is 0 Å². The zero-order valence-electron chi connectivity index (χ0n) is 16.8. The van der Waals surface area contributed by atoms with E-state index in [9.17, 15) is 4.79 Å². The second kappa shape index (κ2) is 13.4. The number of nitrogens with two attached hydrogens (primary N) is 1. The summed E-state index contributed by atoms with van der Waals surface area (Å²) in [5, 5.41) is 2.57. The Labute approximate surface area is 201 Å². The number of hydrogen-bond donors (Lipinski definition) is 2. The van der Waals surface area contributed by atoms with Crippen LogP contribution in [0.2, 0.25) is 0 Å². The van der Waals surface area contributed by atoms with Gasteiger partial charge < -0.3 is 52.3 Å². The quantitative estimate of drug-likeness (QED) is 0.437. The number of pyridine rings is 1. The predicted molar refractivity (Wildman–Crippen MR) is 106 cm³/mol. The van der Waals surface area contributed by atoms with E-state index in [4.69, 9.17) is 0 Å². The molecule has 0 bridgehead atoms. The van der Waals surface area contributed by atoms with Crippen molar-refractivity contribution in [2.75, 3.05) is 38.5 Å². The molecule has 2 atom stereocenters. The number of hydrogen-bond acceptors (Lipinski definition) is 2. The van der Waals surface area contributed by atoms with Gasteiger partial charge in [0.1, 0.15) is 0 Å². The highest BCUT2D eigenvalue weighted by Gasteiger charge is 2.39. The van der Waals surface area contributed by atoms with Gasteiger partial charge >= 0.3 is 0 Å². The molecule has 2 aromatic rings. The minimum Gasteiger partial charge on any atom is -1.00 e. The number of carbonyl (C=O) groups is 1. The van der Waals surface area contributed by atoms with Crippen molar-refractivity contribution >= 4 is 17.7 Å². The maximum atomic E-state index is 12.9. The van der Waals surface area contributed by atoms with E-state index < -0.39 is 0 Å². The fourth-order valence-electron chi connectivity index (χ4n) is 3.97. The molecule has 2 aliphatic rings. The van der Waals surface area contributed by atoms with Gasteiger partial charge in [0.25, 0.3) is 5.91 Å². The summed E-state index contributed by atoms with van der Waals surface area (Å²) in [5.41, 5.74) is 2.67. The van der Waals surface area contributed by atoms with Crippen molar-refractivity contribution in [1.29, 1.82) is 0 Å². The number of quaternary nitrogens is 2. The molecular weight excluding hydrogens is 463 g/mol. The van der Waals surface area contributed by atoms with Crippen molar-refractivity contribution in [2.45, 2.75) is 17.8 Å². The lowest BCUT2D eigenvalue weighted by molar-refractivity contribution is -0.903. The number of rotatable bonds is 5. The standard InChI is InChI=1S/C21H26N4OS.3ClH/c26-21(19-16-27-20(23-19)18-7-4-9-22-15-18)25-13-11-24(12-14-25)10-8-17-5-2-1-3-6-17;;;/h1-7,9,15,19-20,23H,8,10-14,16H2;3*1H/t19-,20?;;;/m0.../s1. The summed E-state index contributed by atoms with van der Waals surface area (Å²) < 4.78 is 0. The van der Waals surface area contributed by atoms with Gasteiger partial charge in [0.05, 0.1) is 44.0 Å². The lowest BCUT2D eigenvalue weighted by Crippen LogP contribution is -3.15. The van der Waals surface area contributed by atoms with Gasteiger partial charge in [-0.05, 0) is 11.6 Å². The first-order valence-corrected chi connectivity index (χ1v) is 10.9. The molecule has 1 aromatic carbocycles. The van der Waals surface area contributed by atoms with Crippen LogP contribution in [0, 0.1) is 0 Å². The monoisotopic (exact) mass is 490 g/mol. The number of aromatic nitrogens is 1. The van der Waals surface area contributed by atoms with Crippen molar-refractivity contribution in [3.05, 3.63) is 66.0 Å². The van der Waals surface area contributed by atoms with E-state index in [2.05, 4.69) is 51.6 Å². The minimum absolute atomic E-state index is 0. The Morgan fingerprint density at radius 3 is 2.50 bits per heavy atom. The van der Waals surface area contributed by atoms with Gasteiger partial charge in [0.2, 0.25) is 0 Å². The van der Waals surface area contributed by atoms with Gasteiger partial charge in [-0.25, -0.2) is 4.98 Å². The van der Waals surface area contributed by atoms with Crippen molar-refractivity contribution in [3.63, 3.8) is 0 Å². The maximum Gasteiger partial charge on any atom is 0.282 e. The number of H-pyrrole nitrogens is 1. The van der Waals surface area contributed by atoms with E-state index in [0.29, 0.717) is 11.3 Å². The molecule has 4 rings (SSSR count). The number of nitrogens with zero attached hydrogens (tertiary/aromatic N) is 1. The van der Waals surface area contributed by atoms with Crippen LogP contribution in [0.1, 0.15) is 16.5 Å². The Balaban J connectivity index is 0.00000150. The number of thioether (sulfide) groups is 1. The number of carbonyl (C=O) groups excluding carboxylic acids is 1. The molecular formula is C21H29Cl3N4OS. The highest BCUT2D eigenvalue weighted by molar-refractivity contribution is 7.99. The summed E-state index contributed by atoms with van der Waals surface area (Å²) in [6.45, 7) is 5.07. The molecule has 4 N–H and O–H groups in total. The summed E-state index contributed by atoms with van der Waals surface area (Å²) in [4.78, 5) is 19.8. The van der Waals surface area contributed by atoms with Crippen LogP contribution in [0.5, 0.6) is 0 Å². The number of aromatic amines is 1. The average Bonchev–Trinajstić information content (AvgIpc) is 3.24. The van der Waals surface area contributed by atoms with E-state index in [-0.39, 0.29) is 43.3 Å². The molecule has 0 radical (unpaired) electrons. The molecule has 2 fully saturated rings. The molecule has 3 heterocycles. The molecule has 1 amide bonds. The molecule has 0 saturated carbocycles. The van der Waals surface area contributed by atoms with E-state index in [1.54, 1.807) is 4.90 Å². The largest absolute Gasteiger partial charge is 1.00 e. The van der Waals surface area contributed by atoms with Gasteiger partial charge in [0, 0.05) is 12.5 Å². The number of piperazine rings is 1. The predicted octanol–water partition coefficient (Wildman–Crippen LogP) is -9.84. The Morgan fingerprint density at radius 1 is 1.10 bits per heavy atom. The number of halogens is 3. The summed E-state index contributed by atoms with van der Waals surface area (Å²) in [5.74, 6) is 1.23. The number of nitrogens with one attached hydrogen (secondary N) is 2. The Hall–Kier alpha value is -1.02. The van der Waals surface area contributed by atoms with Crippen LogP contribution in [-0.4, -0.2) is 55.3 Å².